The van der Waals surface area contributed by atoms with E-state index in [0.717, 1.165) is 23.8 Å². The summed E-state index contributed by atoms with van der Waals surface area (Å²) in [5.74, 6) is -2.38. The highest BCUT2D eigenvalue weighted by atomic mass is 35.5. The van der Waals surface area contributed by atoms with Crippen molar-refractivity contribution in [2.45, 2.75) is 11.8 Å². The summed E-state index contributed by atoms with van der Waals surface area (Å²) in [5, 5.41) is 12.4. The third-order valence-electron chi connectivity index (χ3n) is 5.25. The van der Waals surface area contributed by atoms with Crippen LogP contribution in [0, 0.1) is 17.0 Å². The number of nitro benzene ring substituents is 1. The summed E-state index contributed by atoms with van der Waals surface area (Å²) in [6.45, 7) is 1.79. The van der Waals surface area contributed by atoms with Gasteiger partial charge in [0.2, 0.25) is 0 Å². The number of hydrogen-bond acceptors (Lipinski definition) is 8. The Hall–Kier alpha value is -4.26. The molecule has 1 fully saturated rings. The highest BCUT2D eigenvalue weighted by Crippen LogP contribution is 2.37. The number of nitro groups is 1. The first-order chi connectivity index (χ1) is 17.9. The van der Waals surface area contributed by atoms with Crippen LogP contribution in [0.1, 0.15) is 11.1 Å². The summed E-state index contributed by atoms with van der Waals surface area (Å²) < 4.78 is 30.4. The Morgan fingerprint density at radius 2 is 1.55 bits per heavy atom. The largest absolute Gasteiger partial charge is 0.376 e. The molecule has 14 heteroatoms. The number of non-ortho nitro benzene ring substituents is 1. The molecule has 0 spiro atoms. The van der Waals surface area contributed by atoms with Gasteiger partial charge in [0.05, 0.1) is 20.7 Å². The molecule has 194 valence electrons. The molecule has 0 aromatic heterocycles. The highest BCUT2D eigenvalue weighted by Gasteiger charge is 2.37. The first kappa shape index (κ1) is 26.8. The van der Waals surface area contributed by atoms with Crippen LogP contribution in [0.3, 0.4) is 0 Å². The summed E-state index contributed by atoms with van der Waals surface area (Å²) in [7, 11) is -4.27. The second kappa shape index (κ2) is 10.2. The number of carbonyl (C=O) groups is 3. The lowest BCUT2D eigenvalue weighted by atomic mass is 10.1. The molecule has 0 saturated carbocycles. The normalized spacial score (nSPS) is 15.0. The predicted molar refractivity (Wildman–Crippen MR) is 138 cm³/mol. The minimum atomic E-state index is -4.27. The molecule has 0 aliphatic carbocycles. The molecule has 1 aliphatic rings. The summed E-state index contributed by atoms with van der Waals surface area (Å²) in [6.07, 6.45) is 1.10. The summed E-state index contributed by atoms with van der Waals surface area (Å²) in [4.78, 5) is 48.6. The number of halogens is 2. The zero-order chi connectivity index (χ0) is 27.8. The van der Waals surface area contributed by atoms with Crippen molar-refractivity contribution in [3.8, 4) is 5.75 Å². The first-order valence-corrected chi connectivity index (χ1v) is 12.7. The Labute approximate surface area is 225 Å². The third kappa shape index (κ3) is 5.37. The number of benzene rings is 3. The van der Waals surface area contributed by atoms with E-state index in [0.29, 0.717) is 4.90 Å². The number of aryl methyl sites for hydroxylation is 1. The van der Waals surface area contributed by atoms with Crippen molar-refractivity contribution in [3.63, 3.8) is 0 Å². The summed E-state index contributed by atoms with van der Waals surface area (Å²) in [5.41, 5.74) is 0.208. The third-order valence-corrected chi connectivity index (χ3v) is 7.05. The lowest BCUT2D eigenvalue weighted by Gasteiger charge is -2.26. The van der Waals surface area contributed by atoms with Gasteiger partial charge in [0.25, 0.3) is 17.5 Å². The van der Waals surface area contributed by atoms with Gasteiger partial charge in [0, 0.05) is 12.1 Å². The molecule has 1 N–H and O–H groups in total. The van der Waals surface area contributed by atoms with Crippen LogP contribution in [-0.4, -0.2) is 31.2 Å². The van der Waals surface area contributed by atoms with Gasteiger partial charge in [-0.05, 0) is 55.0 Å². The number of hydrogen-bond donors (Lipinski definition) is 1. The van der Waals surface area contributed by atoms with Crippen LogP contribution in [0.25, 0.3) is 6.08 Å². The van der Waals surface area contributed by atoms with Gasteiger partial charge in [-0.3, -0.25) is 25.0 Å². The van der Waals surface area contributed by atoms with E-state index >= 15 is 0 Å². The number of anilines is 1. The van der Waals surface area contributed by atoms with Crippen LogP contribution >= 0.6 is 23.2 Å². The highest BCUT2D eigenvalue weighted by molar-refractivity contribution is 7.87. The zero-order valence-electron chi connectivity index (χ0n) is 19.2. The van der Waals surface area contributed by atoms with Crippen molar-refractivity contribution in [2.75, 3.05) is 4.90 Å². The fraction of sp³-hybridized carbons (Fsp3) is 0.0417. The second-order valence-corrected chi connectivity index (χ2v) is 10.3. The zero-order valence-corrected chi connectivity index (χ0v) is 21.5. The number of rotatable bonds is 6. The lowest BCUT2D eigenvalue weighted by Crippen LogP contribution is -2.54. The average Bonchev–Trinajstić information content (AvgIpc) is 2.84. The molecule has 0 atom stereocenters. The van der Waals surface area contributed by atoms with E-state index in [2.05, 4.69) is 0 Å². The molecule has 0 radical (unpaired) electrons. The lowest BCUT2D eigenvalue weighted by molar-refractivity contribution is -0.384. The van der Waals surface area contributed by atoms with Gasteiger partial charge in [-0.2, -0.15) is 8.42 Å². The fourth-order valence-electron chi connectivity index (χ4n) is 3.39. The standard InChI is InChI=1S/C24H15Cl2N3O8S/c1-13-2-8-17(9-3-13)38(35,36)37-21-19(25)11-14(12-20(21)26)10-18-22(30)27-24(32)28(23(18)31)15-4-6-16(7-5-15)29(33)34/h2-12H,1H3,(H,27,30,32)/b18-10+. The minimum Gasteiger partial charge on any atom is -0.376 e. The number of nitrogens with zero attached hydrogens (tertiary/aromatic N) is 2. The smallest absolute Gasteiger partial charge is 0.339 e. The first-order valence-electron chi connectivity index (χ1n) is 10.5. The molecular formula is C24H15Cl2N3O8S. The van der Waals surface area contributed by atoms with Crippen molar-refractivity contribution >= 4 is 68.6 Å². The van der Waals surface area contributed by atoms with E-state index in [4.69, 9.17) is 27.4 Å². The van der Waals surface area contributed by atoms with Gasteiger partial charge in [-0.15, -0.1) is 0 Å². The number of nitrogens with one attached hydrogen (secondary N) is 1. The average molecular weight is 576 g/mol. The molecule has 4 amide bonds. The van der Waals surface area contributed by atoms with E-state index in [9.17, 15) is 32.9 Å². The Bertz CT molecular complexity index is 1610. The quantitative estimate of drug-likeness (QED) is 0.146. The molecular weight excluding hydrogens is 561 g/mol. The topological polar surface area (TPSA) is 153 Å². The van der Waals surface area contributed by atoms with Gasteiger partial charge >= 0.3 is 16.1 Å². The van der Waals surface area contributed by atoms with Gasteiger partial charge in [-0.25, -0.2) is 9.69 Å². The van der Waals surface area contributed by atoms with E-state index in [1.165, 1.54) is 36.4 Å². The number of carbonyl (C=O) groups excluding carboxylic acids is 3. The van der Waals surface area contributed by atoms with Crippen molar-refractivity contribution in [1.29, 1.82) is 0 Å². The molecule has 3 aromatic rings. The molecule has 0 unspecified atom stereocenters. The van der Waals surface area contributed by atoms with Crippen LogP contribution in [-0.2, 0) is 19.7 Å². The predicted octanol–water partition coefficient (Wildman–Crippen LogP) is 4.64. The molecule has 4 rings (SSSR count). The molecule has 1 heterocycles. The van der Waals surface area contributed by atoms with Crippen molar-refractivity contribution in [3.05, 3.63) is 97.5 Å². The Morgan fingerprint density at radius 1 is 0.974 bits per heavy atom. The van der Waals surface area contributed by atoms with Gasteiger partial charge < -0.3 is 4.18 Å². The van der Waals surface area contributed by atoms with Gasteiger partial charge in [-0.1, -0.05) is 40.9 Å². The molecule has 1 aliphatic heterocycles. The van der Waals surface area contributed by atoms with Crippen molar-refractivity contribution in [1.82, 2.24) is 5.32 Å². The molecule has 0 bridgehead atoms. The maximum atomic E-state index is 13.0. The monoisotopic (exact) mass is 575 g/mol. The van der Waals surface area contributed by atoms with Crippen molar-refractivity contribution < 1.29 is 31.9 Å². The van der Waals surface area contributed by atoms with Crippen LogP contribution in [0.4, 0.5) is 16.2 Å². The van der Waals surface area contributed by atoms with Crippen LogP contribution < -0.4 is 14.4 Å². The second-order valence-electron chi connectivity index (χ2n) is 7.90. The van der Waals surface area contributed by atoms with E-state index < -0.39 is 38.5 Å². The van der Waals surface area contributed by atoms with Gasteiger partial charge in [0.1, 0.15) is 10.5 Å². The Morgan fingerprint density at radius 3 is 2.11 bits per heavy atom. The molecule has 38 heavy (non-hydrogen) atoms. The van der Waals surface area contributed by atoms with Crippen molar-refractivity contribution in [2.24, 2.45) is 0 Å². The Balaban J connectivity index is 1.65. The molecule has 11 nitrogen and oxygen atoms in total. The number of imide groups is 2. The summed E-state index contributed by atoms with van der Waals surface area (Å²) in [6, 6.07) is 11.8. The van der Waals surface area contributed by atoms with E-state index in [-0.39, 0.29) is 37.6 Å². The Kier molecular flexibility index (Phi) is 7.22. The minimum absolute atomic E-state index is 0.0161. The molecule has 3 aromatic carbocycles. The SMILES string of the molecule is Cc1ccc(S(=O)(=O)Oc2c(Cl)cc(/C=C3\C(=O)NC(=O)N(c4ccc([N+](=O)[O-])cc4)C3=O)cc2Cl)cc1. The van der Waals surface area contributed by atoms with E-state index in [1.54, 1.807) is 19.1 Å². The number of amides is 4. The maximum Gasteiger partial charge on any atom is 0.339 e. The fourth-order valence-corrected chi connectivity index (χ4v) is 5.02. The van der Waals surface area contributed by atoms with Crippen LogP contribution in [0.2, 0.25) is 10.0 Å². The maximum absolute atomic E-state index is 13.0. The number of urea groups is 1. The number of barbiturate groups is 1. The van der Waals surface area contributed by atoms with Crippen LogP contribution in [0.15, 0.2) is 71.1 Å². The van der Waals surface area contributed by atoms with Crippen LogP contribution in [0.5, 0.6) is 5.75 Å². The molecule has 1 saturated heterocycles. The van der Waals surface area contributed by atoms with E-state index in [1.807, 2.05) is 5.32 Å². The summed E-state index contributed by atoms with van der Waals surface area (Å²) >= 11 is 12.4. The van der Waals surface area contributed by atoms with Gasteiger partial charge in [0.15, 0.2) is 5.75 Å².